The van der Waals surface area contributed by atoms with Crippen molar-refractivity contribution in [1.29, 1.82) is 0 Å². The monoisotopic (exact) mass is 297 g/mol. The molecule has 1 aromatic carbocycles. The fraction of sp³-hybridized carbons (Fsp3) is 0.417. The molecular weight excluding hydrogens is 279 g/mol. The third-order valence-electron chi connectivity index (χ3n) is 2.50. The van der Waals surface area contributed by atoms with Crippen molar-refractivity contribution in [3.05, 3.63) is 37.3 Å². The van der Waals surface area contributed by atoms with Crippen molar-refractivity contribution in [2.24, 2.45) is 0 Å². The number of anilines is 1. The fourth-order valence-electron chi connectivity index (χ4n) is 1.63. The normalized spacial score (nSPS) is 14.9. The summed E-state index contributed by atoms with van der Waals surface area (Å²) < 4.78 is 5.28. The molecule has 2 rings (SSSR count). The van der Waals surface area contributed by atoms with Gasteiger partial charge in [-0.15, -0.1) is 0 Å². The van der Waals surface area contributed by atoms with Crippen LogP contribution >= 0.6 is 0 Å². The summed E-state index contributed by atoms with van der Waals surface area (Å²) in [6.45, 7) is 3.64. The molecule has 1 aliphatic heterocycles. The zero-order valence-corrected chi connectivity index (χ0v) is 12.6. The van der Waals surface area contributed by atoms with Crippen LogP contribution in [0, 0.1) is 7.43 Å². The molecule has 1 radical (unpaired) electrons. The molecule has 1 saturated heterocycles. The minimum atomic E-state index is 0. The number of hydrogen-bond donors (Lipinski definition) is 1. The van der Waals surface area contributed by atoms with Gasteiger partial charge in [0.2, 0.25) is 0 Å². The second kappa shape index (κ2) is 8.18. The van der Waals surface area contributed by atoms with Gasteiger partial charge in [0.05, 0.1) is 19.8 Å². The van der Waals surface area contributed by atoms with E-state index in [1.165, 1.54) is 5.69 Å². The second-order valence-electron chi connectivity index (χ2n) is 3.42. The summed E-state index contributed by atoms with van der Waals surface area (Å²) in [6, 6.07) is 8.03. The summed E-state index contributed by atoms with van der Waals surface area (Å²) in [5.74, 6) is 0. The quantitative estimate of drug-likeness (QED) is 0.839. The van der Waals surface area contributed by atoms with E-state index < -0.39 is 0 Å². The van der Waals surface area contributed by atoms with Crippen LogP contribution in [0.4, 0.5) is 5.69 Å². The maximum Gasteiger partial charge on any atom is 0.0681 e. The molecule has 87 valence electrons. The van der Waals surface area contributed by atoms with Crippen LogP contribution in [0.15, 0.2) is 24.3 Å². The molecule has 1 fully saturated rings. The molecule has 0 atom stereocenters. The molecule has 1 aromatic rings. The summed E-state index contributed by atoms with van der Waals surface area (Å²) in [6.07, 6.45) is 0. The summed E-state index contributed by atoms with van der Waals surface area (Å²) >= 11 is 0. The molecule has 1 N–H and O–H groups in total. The average Bonchev–Trinajstić information content (AvgIpc) is 2.30. The van der Waals surface area contributed by atoms with Crippen LogP contribution in [0.2, 0.25) is 0 Å². The van der Waals surface area contributed by atoms with Crippen LogP contribution in [-0.2, 0) is 44.1 Å². The molecule has 0 saturated carbocycles. The van der Waals surface area contributed by atoms with E-state index in [-0.39, 0.29) is 46.7 Å². The third-order valence-corrected chi connectivity index (χ3v) is 2.50. The summed E-state index contributed by atoms with van der Waals surface area (Å²) in [5, 5.41) is 8.91. The molecule has 4 heteroatoms. The Morgan fingerprint density at radius 1 is 1.12 bits per heavy atom. The van der Waals surface area contributed by atoms with Crippen LogP contribution in [0.5, 0.6) is 0 Å². The Bertz CT molecular complexity index is 284. The van der Waals surface area contributed by atoms with E-state index in [4.69, 9.17) is 9.84 Å². The van der Waals surface area contributed by atoms with E-state index in [9.17, 15) is 0 Å². The first-order chi connectivity index (χ1) is 6.90. The van der Waals surface area contributed by atoms with E-state index in [0.717, 1.165) is 31.9 Å². The Kier molecular flexibility index (Phi) is 8.20. The van der Waals surface area contributed by atoms with Crippen LogP contribution < -0.4 is 4.90 Å². The van der Waals surface area contributed by atoms with Crippen molar-refractivity contribution in [3.63, 3.8) is 0 Å². The molecule has 0 spiro atoms. The minimum Gasteiger partial charge on any atom is -0.392 e. The summed E-state index contributed by atoms with van der Waals surface area (Å²) in [7, 11) is 0. The third kappa shape index (κ3) is 4.13. The predicted molar refractivity (Wildman–Crippen MR) is 61.8 cm³/mol. The SMILES string of the molecule is OCc1ccc(N2CCOCC2)cc1.[CH3-].[Y]. The van der Waals surface area contributed by atoms with Crippen molar-refractivity contribution in [3.8, 4) is 0 Å². The van der Waals surface area contributed by atoms with Gasteiger partial charge in [0.1, 0.15) is 0 Å². The number of ether oxygens (including phenoxy) is 1. The van der Waals surface area contributed by atoms with Gasteiger partial charge in [-0.25, -0.2) is 0 Å². The van der Waals surface area contributed by atoms with E-state index in [0.29, 0.717) is 0 Å². The maximum atomic E-state index is 8.91. The van der Waals surface area contributed by atoms with Gasteiger partial charge >= 0.3 is 0 Å². The van der Waals surface area contributed by atoms with Gasteiger partial charge in [0.15, 0.2) is 0 Å². The van der Waals surface area contributed by atoms with Crippen LogP contribution in [0.25, 0.3) is 0 Å². The number of aliphatic hydroxyl groups excluding tert-OH is 1. The van der Waals surface area contributed by atoms with E-state index >= 15 is 0 Å². The van der Waals surface area contributed by atoms with Crippen molar-refractivity contribution < 1.29 is 42.6 Å². The van der Waals surface area contributed by atoms with Crippen molar-refractivity contribution >= 4 is 5.69 Å². The van der Waals surface area contributed by atoms with Gasteiger partial charge in [0, 0.05) is 51.5 Å². The Labute approximate surface area is 123 Å². The Morgan fingerprint density at radius 3 is 2.19 bits per heavy atom. The number of nitrogens with zero attached hydrogens (tertiary/aromatic N) is 1. The van der Waals surface area contributed by atoms with Crippen molar-refractivity contribution in [1.82, 2.24) is 0 Å². The Hall–Kier alpha value is 0.0439. The van der Waals surface area contributed by atoms with Gasteiger partial charge in [-0.2, -0.15) is 0 Å². The molecule has 0 bridgehead atoms. The molecule has 0 unspecified atom stereocenters. The molecule has 1 heterocycles. The van der Waals surface area contributed by atoms with Crippen LogP contribution in [-0.4, -0.2) is 31.4 Å². The Morgan fingerprint density at radius 2 is 1.69 bits per heavy atom. The average molecular weight is 297 g/mol. The zero-order chi connectivity index (χ0) is 9.80. The standard InChI is InChI=1S/C11H15NO2.CH3.Y/c13-9-10-1-3-11(4-2-10)12-5-7-14-8-6-12;;/h1-4,13H,5-9H2;1H3;/q;-1;. The number of aliphatic hydroxyl groups is 1. The molecule has 16 heavy (non-hydrogen) atoms. The molecular formula is C12H18NO2Y-. The van der Waals surface area contributed by atoms with Crippen molar-refractivity contribution in [2.75, 3.05) is 31.2 Å². The van der Waals surface area contributed by atoms with Crippen LogP contribution in [0.1, 0.15) is 5.56 Å². The van der Waals surface area contributed by atoms with E-state index in [1.807, 2.05) is 12.1 Å². The van der Waals surface area contributed by atoms with Gasteiger partial charge in [-0.3, -0.25) is 0 Å². The number of morpholine rings is 1. The number of hydrogen-bond acceptors (Lipinski definition) is 3. The van der Waals surface area contributed by atoms with Gasteiger partial charge in [-0.1, -0.05) is 12.1 Å². The predicted octanol–water partition coefficient (Wildman–Crippen LogP) is 1.46. The zero-order valence-electron chi connectivity index (χ0n) is 9.72. The summed E-state index contributed by atoms with van der Waals surface area (Å²) in [4.78, 5) is 2.30. The molecule has 1 aliphatic rings. The summed E-state index contributed by atoms with van der Waals surface area (Å²) in [5.41, 5.74) is 2.17. The topological polar surface area (TPSA) is 32.7 Å². The van der Waals surface area contributed by atoms with E-state index in [2.05, 4.69) is 17.0 Å². The van der Waals surface area contributed by atoms with E-state index in [1.54, 1.807) is 0 Å². The number of benzene rings is 1. The number of rotatable bonds is 2. The first kappa shape index (κ1) is 16.0. The molecule has 0 amide bonds. The largest absolute Gasteiger partial charge is 0.392 e. The van der Waals surface area contributed by atoms with Crippen LogP contribution in [0.3, 0.4) is 0 Å². The van der Waals surface area contributed by atoms with Gasteiger partial charge < -0.3 is 22.2 Å². The van der Waals surface area contributed by atoms with Gasteiger partial charge in [0.25, 0.3) is 0 Å². The second-order valence-corrected chi connectivity index (χ2v) is 3.42. The van der Waals surface area contributed by atoms with Crippen molar-refractivity contribution in [2.45, 2.75) is 6.61 Å². The smallest absolute Gasteiger partial charge is 0.0681 e. The molecule has 3 nitrogen and oxygen atoms in total. The minimum absolute atomic E-state index is 0. The first-order valence-corrected chi connectivity index (χ1v) is 4.92. The fourth-order valence-corrected chi connectivity index (χ4v) is 1.63. The maximum absolute atomic E-state index is 8.91. The Balaban J connectivity index is 0.00000112. The molecule has 0 aromatic heterocycles. The van der Waals surface area contributed by atoms with Gasteiger partial charge in [-0.05, 0) is 17.7 Å². The first-order valence-electron chi connectivity index (χ1n) is 4.92. The molecule has 0 aliphatic carbocycles.